The molecule has 10 heteroatoms. The van der Waals surface area contributed by atoms with E-state index in [9.17, 15) is 19.8 Å². The Kier molecular flexibility index (Phi) is 8.85. The van der Waals surface area contributed by atoms with Gasteiger partial charge in [0.2, 0.25) is 0 Å². The number of carbonyl (C=O) groups is 2. The van der Waals surface area contributed by atoms with E-state index in [2.05, 4.69) is 0 Å². The van der Waals surface area contributed by atoms with Crippen LogP contribution in [0.25, 0.3) is 0 Å². The summed E-state index contributed by atoms with van der Waals surface area (Å²) < 4.78 is 34.3. The summed E-state index contributed by atoms with van der Waals surface area (Å²) in [5.74, 6) is -1.30. The number of hydrogen-bond donors (Lipinski definition) is 2. The lowest BCUT2D eigenvalue weighted by Gasteiger charge is -2.46. The second-order valence-electron chi connectivity index (χ2n) is 9.38. The molecule has 0 aromatic heterocycles. The fourth-order valence-electron chi connectivity index (χ4n) is 4.42. The first kappa shape index (κ1) is 27.9. The van der Waals surface area contributed by atoms with Crippen LogP contribution < -0.4 is 9.47 Å². The lowest BCUT2D eigenvalue weighted by atomic mass is 9.98. The maximum absolute atomic E-state index is 12.9. The molecule has 2 N–H and O–H groups in total. The zero-order valence-electron chi connectivity index (χ0n) is 21.8. The molecule has 0 aliphatic carbocycles. The van der Waals surface area contributed by atoms with Gasteiger partial charge in [0.25, 0.3) is 0 Å². The first-order chi connectivity index (χ1) is 19.4. The molecule has 6 atom stereocenters. The Bertz CT molecular complexity index is 1300. The fraction of sp³-hybridized carbons (Fsp3) is 0.333. The van der Waals surface area contributed by atoms with Crippen LogP contribution in [0.15, 0.2) is 78.9 Å². The minimum Gasteiger partial charge on any atom is -0.419 e. The van der Waals surface area contributed by atoms with Crippen LogP contribution in [0.4, 0.5) is 0 Å². The monoisotopic (exact) mass is 550 g/mol. The lowest BCUT2D eigenvalue weighted by molar-refractivity contribution is -0.361. The highest BCUT2D eigenvalue weighted by Crippen LogP contribution is 2.38. The predicted octanol–water partition coefficient (Wildman–Crippen LogP) is 3.41. The topological polar surface area (TPSA) is 130 Å². The summed E-state index contributed by atoms with van der Waals surface area (Å²) in [5, 5.41) is 21.2. The molecule has 0 amide bonds. The van der Waals surface area contributed by atoms with Gasteiger partial charge in [0.15, 0.2) is 24.1 Å². The summed E-state index contributed by atoms with van der Waals surface area (Å²) >= 11 is 0. The summed E-state index contributed by atoms with van der Waals surface area (Å²) in [6.45, 7) is 2.34. The van der Waals surface area contributed by atoms with Crippen molar-refractivity contribution in [3.63, 3.8) is 0 Å². The van der Waals surface area contributed by atoms with Gasteiger partial charge in [-0.3, -0.25) is 0 Å². The molecule has 0 radical (unpaired) electrons. The van der Waals surface area contributed by atoms with Gasteiger partial charge in [-0.1, -0.05) is 43.3 Å². The van der Waals surface area contributed by atoms with Crippen LogP contribution in [0.5, 0.6) is 11.5 Å². The molecule has 1 unspecified atom stereocenters. The van der Waals surface area contributed by atoms with E-state index in [1.165, 1.54) is 12.1 Å². The molecule has 5 rings (SSSR count). The molecule has 2 aliphatic rings. The van der Waals surface area contributed by atoms with Crippen LogP contribution in [0.3, 0.4) is 0 Å². The Labute approximate surface area is 231 Å². The van der Waals surface area contributed by atoms with E-state index in [-0.39, 0.29) is 18.1 Å². The molecule has 10 nitrogen and oxygen atoms in total. The average molecular weight is 551 g/mol. The Morgan fingerprint density at radius 1 is 0.825 bits per heavy atom. The minimum atomic E-state index is -1.31. The second kappa shape index (κ2) is 12.7. The molecule has 3 aromatic carbocycles. The number of rotatable bonds is 8. The molecule has 0 spiro atoms. The fourth-order valence-corrected chi connectivity index (χ4v) is 4.42. The number of ether oxygens (including phenoxy) is 6. The average Bonchev–Trinajstić information content (AvgIpc) is 2.99. The van der Waals surface area contributed by atoms with Crippen molar-refractivity contribution in [2.45, 2.75) is 50.3 Å². The summed E-state index contributed by atoms with van der Waals surface area (Å²) in [6, 6.07) is 21.3. The second-order valence-corrected chi connectivity index (χ2v) is 9.38. The number of benzene rings is 3. The number of fused-ring (bicyclic) bond motifs is 1. The minimum absolute atomic E-state index is 0.0166. The highest BCUT2D eigenvalue weighted by Gasteiger charge is 2.49. The van der Waals surface area contributed by atoms with Gasteiger partial charge in [0.1, 0.15) is 24.4 Å². The largest absolute Gasteiger partial charge is 0.419 e. The molecule has 2 aliphatic heterocycles. The smallest absolute Gasteiger partial charge is 0.343 e. The molecular formula is C30H30O10. The van der Waals surface area contributed by atoms with E-state index < -0.39 is 48.9 Å². The third-order valence-corrected chi connectivity index (χ3v) is 6.48. The Balaban J connectivity index is 1.37. The van der Waals surface area contributed by atoms with Crippen molar-refractivity contribution < 1.29 is 48.2 Å². The maximum Gasteiger partial charge on any atom is 0.343 e. The Hall–Kier alpha value is -3.64. The van der Waals surface area contributed by atoms with Gasteiger partial charge in [-0.25, -0.2) is 9.59 Å². The summed E-state index contributed by atoms with van der Waals surface area (Å²) in [4.78, 5) is 25.6. The predicted molar refractivity (Wildman–Crippen MR) is 140 cm³/mol. The van der Waals surface area contributed by atoms with E-state index in [1.807, 2.05) is 6.92 Å². The SMILES string of the molecule is CCCO[C@H]1O[C@@H]2COC(c3ccc(OC(=O)c4ccccc4)c(OC(=O)c4ccccc4)c3)O[C@H]2[C@H](O)[C@H]1O. The first-order valence-electron chi connectivity index (χ1n) is 13.0. The van der Waals surface area contributed by atoms with Gasteiger partial charge in [0, 0.05) is 12.2 Å². The van der Waals surface area contributed by atoms with Crippen LogP contribution in [-0.2, 0) is 18.9 Å². The summed E-state index contributed by atoms with van der Waals surface area (Å²) in [5.41, 5.74) is 1.06. The molecule has 0 bridgehead atoms. The van der Waals surface area contributed by atoms with Gasteiger partial charge in [-0.2, -0.15) is 0 Å². The van der Waals surface area contributed by atoms with Crippen molar-refractivity contribution in [3.8, 4) is 11.5 Å². The highest BCUT2D eigenvalue weighted by molar-refractivity contribution is 5.93. The Morgan fingerprint density at radius 2 is 1.45 bits per heavy atom. The van der Waals surface area contributed by atoms with Crippen molar-refractivity contribution in [1.29, 1.82) is 0 Å². The van der Waals surface area contributed by atoms with E-state index in [1.54, 1.807) is 66.7 Å². The number of aliphatic hydroxyl groups excluding tert-OH is 2. The zero-order valence-corrected chi connectivity index (χ0v) is 21.8. The number of carbonyl (C=O) groups excluding carboxylic acids is 2. The molecule has 2 fully saturated rings. The van der Waals surface area contributed by atoms with E-state index in [4.69, 9.17) is 28.4 Å². The lowest BCUT2D eigenvalue weighted by Crippen LogP contribution is -2.62. The molecule has 2 saturated heterocycles. The molecular weight excluding hydrogens is 520 g/mol. The van der Waals surface area contributed by atoms with Crippen LogP contribution in [0.1, 0.15) is 45.9 Å². The van der Waals surface area contributed by atoms with Crippen molar-refractivity contribution in [2.75, 3.05) is 13.2 Å². The Morgan fingerprint density at radius 3 is 2.08 bits per heavy atom. The normalized spacial score (nSPS) is 26.0. The number of esters is 2. The quantitative estimate of drug-likeness (QED) is 0.318. The van der Waals surface area contributed by atoms with Crippen molar-refractivity contribution in [1.82, 2.24) is 0 Å². The van der Waals surface area contributed by atoms with Crippen molar-refractivity contribution >= 4 is 11.9 Å². The van der Waals surface area contributed by atoms with Gasteiger partial charge in [-0.15, -0.1) is 0 Å². The third kappa shape index (κ3) is 6.23. The van der Waals surface area contributed by atoms with E-state index >= 15 is 0 Å². The van der Waals surface area contributed by atoms with Crippen LogP contribution in [0, 0.1) is 0 Å². The molecule has 0 saturated carbocycles. The van der Waals surface area contributed by atoms with Crippen LogP contribution in [0.2, 0.25) is 0 Å². The molecule has 2 heterocycles. The molecule has 3 aromatic rings. The standard InChI is InChI=1S/C30H30O10/c1-2-15-35-30-25(32)24(31)26-23(39-30)17-36-29(40-26)20-13-14-21(37-27(33)18-9-5-3-6-10-18)22(16-20)38-28(34)19-11-7-4-8-12-19/h3-14,16,23-26,29-32H,2,15,17H2,1H3/t23-,24-,25-,26-,29?,30+/m1/s1. The van der Waals surface area contributed by atoms with Crippen LogP contribution >= 0.6 is 0 Å². The van der Waals surface area contributed by atoms with Gasteiger partial charge >= 0.3 is 11.9 Å². The number of hydrogen-bond acceptors (Lipinski definition) is 10. The van der Waals surface area contributed by atoms with Gasteiger partial charge in [0.05, 0.1) is 17.7 Å². The summed E-state index contributed by atoms with van der Waals surface area (Å²) in [6.07, 6.45) is -5.43. The summed E-state index contributed by atoms with van der Waals surface area (Å²) in [7, 11) is 0. The third-order valence-electron chi connectivity index (χ3n) is 6.48. The molecule has 40 heavy (non-hydrogen) atoms. The van der Waals surface area contributed by atoms with Gasteiger partial charge in [-0.05, 0) is 48.9 Å². The van der Waals surface area contributed by atoms with Crippen molar-refractivity contribution in [3.05, 3.63) is 95.6 Å². The van der Waals surface area contributed by atoms with Crippen LogP contribution in [-0.4, -0.2) is 66.1 Å². The first-order valence-corrected chi connectivity index (χ1v) is 13.0. The maximum atomic E-state index is 12.9. The zero-order chi connectivity index (χ0) is 28.1. The van der Waals surface area contributed by atoms with E-state index in [0.717, 1.165) is 6.42 Å². The van der Waals surface area contributed by atoms with Gasteiger partial charge < -0.3 is 38.6 Å². The molecule has 210 valence electrons. The van der Waals surface area contributed by atoms with E-state index in [0.29, 0.717) is 23.3 Å². The number of aliphatic hydroxyl groups is 2. The van der Waals surface area contributed by atoms with Crippen molar-refractivity contribution in [2.24, 2.45) is 0 Å². The highest BCUT2D eigenvalue weighted by atomic mass is 16.8.